The fourth-order valence-corrected chi connectivity index (χ4v) is 1.56. The van der Waals surface area contributed by atoms with Crippen LogP contribution >= 0.6 is 0 Å². The largest absolute Gasteiger partial charge is 0.370 e. The van der Waals surface area contributed by atoms with Crippen molar-refractivity contribution in [2.45, 2.75) is 46.1 Å². The van der Waals surface area contributed by atoms with Gasteiger partial charge in [-0.2, -0.15) is 5.26 Å². The molecule has 1 aromatic carbocycles. The summed E-state index contributed by atoms with van der Waals surface area (Å²) in [4.78, 5) is 0. The van der Waals surface area contributed by atoms with Crippen molar-refractivity contribution in [3.05, 3.63) is 29.3 Å². The molecule has 0 aliphatic heterocycles. The van der Waals surface area contributed by atoms with Crippen molar-refractivity contribution >= 4 is 5.69 Å². The van der Waals surface area contributed by atoms with Crippen LogP contribution in [-0.2, 0) is 5.41 Å². The van der Waals surface area contributed by atoms with Crippen LogP contribution in [0.25, 0.3) is 0 Å². The van der Waals surface area contributed by atoms with Crippen LogP contribution < -0.4 is 5.32 Å². The van der Waals surface area contributed by atoms with Crippen molar-refractivity contribution in [3.8, 4) is 6.07 Å². The third-order valence-corrected chi connectivity index (χ3v) is 2.66. The fraction of sp³-hybridized carbons (Fsp3) is 0.500. The minimum absolute atomic E-state index is 0.154. The van der Waals surface area contributed by atoms with Gasteiger partial charge in [-0.05, 0) is 36.5 Å². The van der Waals surface area contributed by atoms with E-state index in [-0.39, 0.29) is 11.5 Å². The molecule has 0 fully saturated rings. The van der Waals surface area contributed by atoms with E-state index >= 15 is 0 Å². The summed E-state index contributed by atoms with van der Waals surface area (Å²) in [6.45, 7) is 10.5. The molecule has 1 unspecified atom stereocenters. The molecule has 0 saturated heterocycles. The fourth-order valence-electron chi connectivity index (χ4n) is 1.56. The van der Waals surface area contributed by atoms with E-state index in [1.165, 1.54) is 11.1 Å². The number of nitrogens with zero attached hydrogens (tertiary/aromatic N) is 1. The molecule has 0 saturated carbocycles. The Morgan fingerprint density at radius 1 is 1.31 bits per heavy atom. The highest BCUT2D eigenvalue weighted by atomic mass is 14.9. The number of nitrogens with one attached hydrogen (secondary N) is 1. The van der Waals surface area contributed by atoms with Crippen LogP contribution in [0.15, 0.2) is 18.2 Å². The van der Waals surface area contributed by atoms with E-state index in [0.29, 0.717) is 0 Å². The van der Waals surface area contributed by atoms with Crippen LogP contribution in [0.3, 0.4) is 0 Å². The van der Waals surface area contributed by atoms with E-state index in [9.17, 15) is 0 Å². The summed E-state index contributed by atoms with van der Waals surface area (Å²) in [6.07, 6.45) is 0. The minimum Gasteiger partial charge on any atom is -0.370 e. The molecule has 0 aromatic heterocycles. The Balaban J connectivity index is 2.97. The topological polar surface area (TPSA) is 35.8 Å². The van der Waals surface area contributed by atoms with E-state index in [2.05, 4.69) is 57.3 Å². The number of anilines is 1. The summed E-state index contributed by atoms with van der Waals surface area (Å²) >= 11 is 0. The zero-order valence-electron chi connectivity index (χ0n) is 10.8. The van der Waals surface area contributed by atoms with Crippen molar-refractivity contribution in [1.29, 1.82) is 5.26 Å². The molecule has 1 aromatic rings. The van der Waals surface area contributed by atoms with Crippen molar-refractivity contribution in [3.63, 3.8) is 0 Å². The molecule has 0 aliphatic carbocycles. The first-order valence-corrected chi connectivity index (χ1v) is 5.62. The lowest BCUT2D eigenvalue weighted by molar-refractivity contribution is 0.590. The second kappa shape index (κ2) is 4.57. The van der Waals surface area contributed by atoms with E-state index < -0.39 is 0 Å². The maximum absolute atomic E-state index is 8.76. The number of nitriles is 1. The molecule has 0 bridgehead atoms. The maximum atomic E-state index is 8.76. The van der Waals surface area contributed by atoms with E-state index in [1.807, 2.05) is 6.92 Å². The first kappa shape index (κ1) is 12.6. The van der Waals surface area contributed by atoms with Gasteiger partial charge in [-0.25, -0.2) is 0 Å². The molecular weight excluding hydrogens is 196 g/mol. The Kier molecular flexibility index (Phi) is 3.59. The van der Waals surface area contributed by atoms with Gasteiger partial charge in [0.15, 0.2) is 0 Å². The molecule has 1 N–H and O–H groups in total. The van der Waals surface area contributed by atoms with Gasteiger partial charge in [0, 0.05) is 5.69 Å². The normalized spacial score (nSPS) is 13.0. The highest BCUT2D eigenvalue weighted by Crippen LogP contribution is 2.26. The Labute approximate surface area is 98.3 Å². The third-order valence-electron chi connectivity index (χ3n) is 2.66. The van der Waals surface area contributed by atoms with E-state index in [0.717, 1.165) is 5.69 Å². The van der Waals surface area contributed by atoms with Gasteiger partial charge in [-0.3, -0.25) is 0 Å². The maximum Gasteiger partial charge on any atom is 0.111 e. The number of benzene rings is 1. The van der Waals surface area contributed by atoms with Gasteiger partial charge in [-0.15, -0.1) is 0 Å². The smallest absolute Gasteiger partial charge is 0.111 e. The number of hydrogen-bond donors (Lipinski definition) is 1. The van der Waals surface area contributed by atoms with Gasteiger partial charge in [0.1, 0.15) is 6.04 Å². The molecule has 0 radical (unpaired) electrons. The van der Waals surface area contributed by atoms with Crippen molar-refractivity contribution in [2.24, 2.45) is 0 Å². The summed E-state index contributed by atoms with van der Waals surface area (Å²) in [5.41, 5.74) is 3.72. The second-order valence-electron chi connectivity index (χ2n) is 5.27. The van der Waals surface area contributed by atoms with Crippen molar-refractivity contribution < 1.29 is 0 Å². The van der Waals surface area contributed by atoms with E-state index in [4.69, 9.17) is 5.26 Å². The zero-order valence-corrected chi connectivity index (χ0v) is 10.8. The predicted octanol–water partition coefficient (Wildman–Crippen LogP) is 3.62. The summed E-state index contributed by atoms with van der Waals surface area (Å²) in [6, 6.07) is 8.39. The second-order valence-corrected chi connectivity index (χ2v) is 5.27. The summed E-state index contributed by atoms with van der Waals surface area (Å²) in [5.74, 6) is 0. The molecule has 86 valence electrons. The van der Waals surface area contributed by atoms with Gasteiger partial charge in [-0.1, -0.05) is 32.9 Å². The first-order valence-electron chi connectivity index (χ1n) is 5.62. The van der Waals surface area contributed by atoms with Crippen LogP contribution in [0.1, 0.15) is 38.8 Å². The lowest BCUT2D eigenvalue weighted by atomic mass is 9.86. The van der Waals surface area contributed by atoms with Gasteiger partial charge >= 0.3 is 0 Å². The predicted molar refractivity (Wildman–Crippen MR) is 68.6 cm³/mol. The Bertz CT molecular complexity index is 408. The monoisotopic (exact) mass is 216 g/mol. The van der Waals surface area contributed by atoms with E-state index in [1.54, 1.807) is 0 Å². The molecule has 0 spiro atoms. The number of aryl methyl sites for hydroxylation is 1. The quantitative estimate of drug-likeness (QED) is 0.819. The lowest BCUT2D eigenvalue weighted by Gasteiger charge is -2.21. The molecule has 1 atom stereocenters. The van der Waals surface area contributed by atoms with Crippen LogP contribution in [0, 0.1) is 18.3 Å². The molecular formula is C14H20N2. The zero-order chi connectivity index (χ0) is 12.3. The minimum atomic E-state index is -0.154. The molecule has 0 heterocycles. The Morgan fingerprint density at radius 2 is 1.94 bits per heavy atom. The van der Waals surface area contributed by atoms with Gasteiger partial charge in [0.25, 0.3) is 0 Å². The number of hydrogen-bond acceptors (Lipinski definition) is 2. The number of rotatable bonds is 2. The van der Waals surface area contributed by atoms with Crippen molar-refractivity contribution in [2.75, 3.05) is 5.32 Å². The average Bonchev–Trinajstić information content (AvgIpc) is 2.19. The highest BCUT2D eigenvalue weighted by molar-refractivity contribution is 5.54. The molecule has 16 heavy (non-hydrogen) atoms. The Morgan fingerprint density at radius 3 is 2.38 bits per heavy atom. The van der Waals surface area contributed by atoms with Gasteiger partial charge in [0.2, 0.25) is 0 Å². The third kappa shape index (κ3) is 3.00. The van der Waals surface area contributed by atoms with Crippen LogP contribution in [0.5, 0.6) is 0 Å². The molecule has 0 amide bonds. The van der Waals surface area contributed by atoms with Crippen LogP contribution in [-0.4, -0.2) is 6.04 Å². The molecule has 2 heteroatoms. The molecule has 0 aliphatic rings. The lowest BCUT2D eigenvalue weighted by Crippen LogP contribution is -2.15. The van der Waals surface area contributed by atoms with Crippen LogP contribution in [0.4, 0.5) is 5.69 Å². The molecule has 2 nitrogen and oxygen atoms in total. The summed E-state index contributed by atoms with van der Waals surface area (Å²) in [5, 5.41) is 11.9. The van der Waals surface area contributed by atoms with Gasteiger partial charge in [0.05, 0.1) is 6.07 Å². The standard InChI is InChI=1S/C14H20N2/c1-10-8-12(14(3,4)5)6-7-13(10)16-11(2)9-15/h6-8,11,16H,1-5H3. The first-order chi connectivity index (χ1) is 7.34. The van der Waals surface area contributed by atoms with Gasteiger partial charge < -0.3 is 5.32 Å². The Hall–Kier alpha value is -1.49. The van der Waals surface area contributed by atoms with Crippen molar-refractivity contribution in [1.82, 2.24) is 0 Å². The highest BCUT2D eigenvalue weighted by Gasteiger charge is 2.14. The van der Waals surface area contributed by atoms with Crippen LogP contribution in [0.2, 0.25) is 0 Å². The SMILES string of the molecule is Cc1cc(C(C)(C)C)ccc1NC(C)C#N. The summed E-state index contributed by atoms with van der Waals surface area (Å²) < 4.78 is 0. The molecule has 1 rings (SSSR count). The summed E-state index contributed by atoms with van der Waals surface area (Å²) in [7, 11) is 0. The average molecular weight is 216 g/mol.